The highest BCUT2D eigenvalue weighted by Crippen LogP contribution is 2.22. The Morgan fingerprint density at radius 3 is 2.79 bits per heavy atom. The fourth-order valence-electron chi connectivity index (χ4n) is 2.76. The second-order valence-electron chi connectivity index (χ2n) is 6.34. The van der Waals surface area contributed by atoms with Crippen molar-refractivity contribution in [2.75, 3.05) is 31.1 Å². The number of pyridine rings is 1. The molecule has 0 aromatic carbocycles. The van der Waals surface area contributed by atoms with Gasteiger partial charge in [-0.1, -0.05) is 0 Å². The van der Waals surface area contributed by atoms with Crippen molar-refractivity contribution in [1.82, 2.24) is 10.3 Å². The van der Waals surface area contributed by atoms with Crippen LogP contribution in [0.5, 0.6) is 0 Å². The van der Waals surface area contributed by atoms with E-state index >= 15 is 0 Å². The van der Waals surface area contributed by atoms with Crippen molar-refractivity contribution in [3.8, 4) is 6.07 Å². The Bertz CT molecular complexity index is 557. The summed E-state index contributed by atoms with van der Waals surface area (Å²) in [6.07, 6.45) is 4.33. The molecular weight excluding hydrogens is 304 g/mol. The van der Waals surface area contributed by atoms with E-state index in [0.717, 1.165) is 38.2 Å². The Kier molecular flexibility index (Phi) is 7.01. The third kappa shape index (κ3) is 5.50. The van der Waals surface area contributed by atoms with Crippen LogP contribution in [-0.4, -0.2) is 43.2 Å². The van der Waals surface area contributed by atoms with Gasteiger partial charge in [0.1, 0.15) is 11.9 Å². The van der Waals surface area contributed by atoms with E-state index in [1.807, 2.05) is 19.9 Å². The van der Waals surface area contributed by atoms with Crippen molar-refractivity contribution >= 4 is 11.7 Å². The highest BCUT2D eigenvalue weighted by Gasteiger charge is 2.25. The Labute approximate surface area is 143 Å². The van der Waals surface area contributed by atoms with Gasteiger partial charge in [-0.15, -0.1) is 0 Å². The summed E-state index contributed by atoms with van der Waals surface area (Å²) in [7, 11) is 0. The van der Waals surface area contributed by atoms with Gasteiger partial charge in [0.25, 0.3) is 0 Å². The van der Waals surface area contributed by atoms with Gasteiger partial charge in [0, 0.05) is 38.4 Å². The van der Waals surface area contributed by atoms with E-state index in [2.05, 4.69) is 21.3 Å². The lowest BCUT2D eigenvalue weighted by Gasteiger charge is -2.32. The highest BCUT2D eigenvalue weighted by atomic mass is 16.5. The smallest absolute Gasteiger partial charge is 0.223 e. The van der Waals surface area contributed by atoms with Crippen molar-refractivity contribution in [1.29, 1.82) is 5.26 Å². The summed E-state index contributed by atoms with van der Waals surface area (Å²) >= 11 is 0. The summed E-state index contributed by atoms with van der Waals surface area (Å²) in [4.78, 5) is 18.7. The summed E-state index contributed by atoms with van der Waals surface area (Å²) < 4.78 is 5.46. The van der Waals surface area contributed by atoms with Gasteiger partial charge in [-0.05, 0) is 45.2 Å². The first-order chi connectivity index (χ1) is 11.6. The number of nitrogens with one attached hydrogen (secondary N) is 1. The van der Waals surface area contributed by atoms with Gasteiger partial charge in [0.15, 0.2) is 0 Å². The number of nitrogens with zero attached hydrogens (tertiary/aromatic N) is 3. The number of ether oxygens (including phenoxy) is 1. The summed E-state index contributed by atoms with van der Waals surface area (Å²) in [6, 6.07) is 5.72. The number of carbonyl (C=O) groups excluding carboxylic acids is 1. The number of piperidine rings is 1. The first-order valence-electron chi connectivity index (χ1n) is 8.60. The molecule has 1 saturated heterocycles. The van der Waals surface area contributed by atoms with Crippen LogP contribution in [0.2, 0.25) is 0 Å². The molecule has 1 aromatic heterocycles. The fourth-order valence-corrected chi connectivity index (χ4v) is 2.76. The molecule has 1 amide bonds. The van der Waals surface area contributed by atoms with Crippen LogP contribution in [0.15, 0.2) is 18.3 Å². The van der Waals surface area contributed by atoms with Crippen LogP contribution in [0, 0.1) is 17.2 Å². The molecule has 0 spiro atoms. The van der Waals surface area contributed by atoms with Gasteiger partial charge in [0.05, 0.1) is 11.7 Å². The van der Waals surface area contributed by atoms with Gasteiger partial charge < -0.3 is 15.0 Å². The summed E-state index contributed by atoms with van der Waals surface area (Å²) in [6.45, 7) is 6.99. The predicted molar refractivity (Wildman–Crippen MR) is 92.6 cm³/mol. The zero-order valence-electron chi connectivity index (χ0n) is 14.5. The maximum absolute atomic E-state index is 12.2. The lowest BCUT2D eigenvalue weighted by Crippen LogP contribution is -2.41. The van der Waals surface area contributed by atoms with E-state index in [1.54, 1.807) is 12.3 Å². The molecule has 6 nitrogen and oxygen atoms in total. The van der Waals surface area contributed by atoms with E-state index in [0.29, 0.717) is 18.7 Å². The average molecular weight is 330 g/mol. The molecule has 0 aliphatic carbocycles. The van der Waals surface area contributed by atoms with Crippen LogP contribution in [0.25, 0.3) is 0 Å². The van der Waals surface area contributed by atoms with E-state index < -0.39 is 0 Å². The minimum absolute atomic E-state index is 0.0747. The molecule has 2 heterocycles. The van der Waals surface area contributed by atoms with Crippen molar-refractivity contribution in [2.24, 2.45) is 5.92 Å². The first kappa shape index (κ1) is 18.2. The Hall–Kier alpha value is -2.13. The maximum atomic E-state index is 12.2. The van der Waals surface area contributed by atoms with Crippen LogP contribution in [0.4, 0.5) is 5.82 Å². The molecule has 1 N–H and O–H groups in total. The normalized spacial score (nSPS) is 15.3. The van der Waals surface area contributed by atoms with E-state index in [-0.39, 0.29) is 17.9 Å². The molecule has 1 aromatic rings. The third-order valence-corrected chi connectivity index (χ3v) is 4.14. The molecule has 6 heteroatoms. The molecule has 0 saturated carbocycles. The van der Waals surface area contributed by atoms with Crippen LogP contribution in [0.1, 0.15) is 38.7 Å². The number of anilines is 1. The van der Waals surface area contributed by atoms with Crippen molar-refractivity contribution in [3.63, 3.8) is 0 Å². The van der Waals surface area contributed by atoms with Crippen LogP contribution >= 0.6 is 0 Å². The van der Waals surface area contributed by atoms with E-state index in [9.17, 15) is 4.79 Å². The van der Waals surface area contributed by atoms with Gasteiger partial charge in [-0.2, -0.15) is 5.26 Å². The predicted octanol–water partition coefficient (Wildman–Crippen LogP) is 2.10. The number of amides is 1. The lowest BCUT2D eigenvalue weighted by molar-refractivity contribution is -0.125. The molecule has 0 bridgehead atoms. The van der Waals surface area contributed by atoms with Crippen LogP contribution in [0.3, 0.4) is 0 Å². The molecule has 0 radical (unpaired) electrons. The number of hydrogen-bond acceptors (Lipinski definition) is 5. The molecule has 1 aliphatic rings. The van der Waals surface area contributed by atoms with Crippen molar-refractivity contribution in [2.45, 2.75) is 39.2 Å². The quantitative estimate of drug-likeness (QED) is 0.775. The molecule has 2 rings (SSSR count). The van der Waals surface area contributed by atoms with Gasteiger partial charge in [0.2, 0.25) is 5.91 Å². The SMILES string of the molecule is CC(C)OCCCNC(=O)C1CCN(c2ccc(C#N)cn2)CC1. The molecule has 130 valence electrons. The zero-order chi connectivity index (χ0) is 17.4. The van der Waals surface area contributed by atoms with E-state index in [1.165, 1.54) is 0 Å². The van der Waals surface area contributed by atoms with Gasteiger partial charge in [-0.25, -0.2) is 4.98 Å². The molecule has 24 heavy (non-hydrogen) atoms. The number of carbonyl (C=O) groups is 1. The standard InChI is InChI=1S/C18H26N4O2/c1-14(2)24-11-3-8-20-18(23)16-6-9-22(10-7-16)17-5-4-15(12-19)13-21-17/h4-5,13-14,16H,3,6-11H2,1-2H3,(H,20,23). The zero-order valence-corrected chi connectivity index (χ0v) is 14.5. The van der Waals surface area contributed by atoms with Gasteiger partial charge in [-0.3, -0.25) is 4.79 Å². The highest BCUT2D eigenvalue weighted by molar-refractivity contribution is 5.78. The van der Waals surface area contributed by atoms with Crippen LogP contribution in [-0.2, 0) is 9.53 Å². The first-order valence-corrected chi connectivity index (χ1v) is 8.60. The number of hydrogen-bond donors (Lipinski definition) is 1. The summed E-state index contributed by atoms with van der Waals surface area (Å²) in [5.41, 5.74) is 0.564. The van der Waals surface area contributed by atoms with Crippen molar-refractivity contribution in [3.05, 3.63) is 23.9 Å². The van der Waals surface area contributed by atoms with E-state index in [4.69, 9.17) is 10.00 Å². The molecular formula is C18H26N4O2. The molecule has 1 aliphatic heterocycles. The topological polar surface area (TPSA) is 78.2 Å². The summed E-state index contributed by atoms with van der Waals surface area (Å²) in [5.74, 6) is 1.09. The molecule has 0 unspecified atom stereocenters. The number of nitriles is 1. The summed E-state index contributed by atoms with van der Waals surface area (Å²) in [5, 5.41) is 11.8. The van der Waals surface area contributed by atoms with Gasteiger partial charge >= 0.3 is 0 Å². The average Bonchev–Trinajstić information content (AvgIpc) is 2.61. The number of aromatic nitrogens is 1. The Balaban J connectivity index is 1.69. The maximum Gasteiger partial charge on any atom is 0.223 e. The minimum Gasteiger partial charge on any atom is -0.379 e. The van der Waals surface area contributed by atoms with Crippen LogP contribution < -0.4 is 10.2 Å². The largest absolute Gasteiger partial charge is 0.379 e. The third-order valence-electron chi connectivity index (χ3n) is 4.14. The monoisotopic (exact) mass is 330 g/mol. The second kappa shape index (κ2) is 9.24. The Morgan fingerprint density at radius 2 is 2.21 bits per heavy atom. The Morgan fingerprint density at radius 1 is 1.46 bits per heavy atom. The minimum atomic E-state index is 0.0747. The fraction of sp³-hybridized carbons (Fsp3) is 0.611. The van der Waals surface area contributed by atoms with Crippen molar-refractivity contribution < 1.29 is 9.53 Å². The number of rotatable bonds is 7. The second-order valence-corrected chi connectivity index (χ2v) is 6.34. The lowest BCUT2D eigenvalue weighted by atomic mass is 9.96. The molecule has 1 fully saturated rings. The molecule has 0 atom stereocenters.